The second-order valence-electron chi connectivity index (χ2n) is 4.41. The Morgan fingerprint density at radius 1 is 1.21 bits per heavy atom. The molecular formula is C10H19N3O. The van der Waals surface area contributed by atoms with E-state index >= 15 is 0 Å². The third kappa shape index (κ3) is 2.00. The molecule has 4 nitrogen and oxygen atoms in total. The van der Waals surface area contributed by atoms with Gasteiger partial charge in [-0.1, -0.05) is 0 Å². The Bertz CT molecular complexity index is 219. The smallest absolute Gasteiger partial charge is 0.320 e. The molecule has 0 radical (unpaired) electrons. The van der Waals surface area contributed by atoms with E-state index in [0.29, 0.717) is 6.04 Å². The van der Waals surface area contributed by atoms with Gasteiger partial charge in [0.25, 0.3) is 0 Å². The highest BCUT2D eigenvalue weighted by molar-refractivity contribution is 5.75. The van der Waals surface area contributed by atoms with E-state index in [0.717, 1.165) is 26.2 Å². The lowest BCUT2D eigenvalue weighted by molar-refractivity contribution is 0.127. The van der Waals surface area contributed by atoms with E-state index in [1.165, 1.54) is 12.8 Å². The van der Waals surface area contributed by atoms with Gasteiger partial charge in [-0.15, -0.1) is 0 Å². The van der Waals surface area contributed by atoms with Crippen LogP contribution < -0.4 is 0 Å². The maximum atomic E-state index is 11.9. The Hall–Kier alpha value is -0.770. The number of hydrogen-bond acceptors (Lipinski definition) is 2. The molecule has 2 aliphatic rings. The van der Waals surface area contributed by atoms with Gasteiger partial charge >= 0.3 is 6.03 Å². The van der Waals surface area contributed by atoms with Crippen molar-refractivity contribution in [3.8, 4) is 0 Å². The molecular weight excluding hydrogens is 178 g/mol. The lowest BCUT2D eigenvalue weighted by Gasteiger charge is -2.35. The third-order valence-electron chi connectivity index (χ3n) is 3.17. The van der Waals surface area contributed by atoms with Gasteiger partial charge in [0.2, 0.25) is 0 Å². The number of carbonyl (C=O) groups is 1. The average Bonchev–Trinajstić information content (AvgIpc) is 3.00. The second-order valence-corrected chi connectivity index (χ2v) is 4.41. The molecule has 0 unspecified atom stereocenters. The fourth-order valence-electron chi connectivity index (χ4n) is 1.84. The first-order valence-electron chi connectivity index (χ1n) is 5.39. The van der Waals surface area contributed by atoms with Crippen LogP contribution in [0.2, 0.25) is 0 Å². The van der Waals surface area contributed by atoms with E-state index in [-0.39, 0.29) is 6.03 Å². The van der Waals surface area contributed by atoms with Crippen LogP contribution in [0.5, 0.6) is 0 Å². The second kappa shape index (κ2) is 3.77. The van der Waals surface area contributed by atoms with E-state index in [1.807, 2.05) is 16.8 Å². The van der Waals surface area contributed by atoms with Gasteiger partial charge in [-0.25, -0.2) is 4.79 Å². The summed E-state index contributed by atoms with van der Waals surface area (Å²) in [4.78, 5) is 18.1. The first-order valence-corrected chi connectivity index (χ1v) is 5.39. The van der Waals surface area contributed by atoms with Gasteiger partial charge in [0.15, 0.2) is 0 Å². The van der Waals surface area contributed by atoms with Gasteiger partial charge in [-0.2, -0.15) is 0 Å². The first kappa shape index (κ1) is 9.77. The molecule has 4 heteroatoms. The highest BCUT2D eigenvalue weighted by atomic mass is 16.2. The molecule has 14 heavy (non-hydrogen) atoms. The number of amides is 2. The summed E-state index contributed by atoms with van der Waals surface area (Å²) in [6.45, 7) is 3.77. The van der Waals surface area contributed by atoms with Gasteiger partial charge in [0.05, 0.1) is 0 Å². The van der Waals surface area contributed by atoms with Crippen LogP contribution in [0.25, 0.3) is 0 Å². The maximum absolute atomic E-state index is 11.9. The van der Waals surface area contributed by atoms with Crippen molar-refractivity contribution in [2.24, 2.45) is 0 Å². The van der Waals surface area contributed by atoms with Gasteiger partial charge in [0, 0.05) is 39.3 Å². The van der Waals surface area contributed by atoms with Crippen molar-refractivity contribution in [3.05, 3.63) is 0 Å². The molecule has 0 aromatic heterocycles. The molecule has 0 bridgehead atoms. The van der Waals surface area contributed by atoms with E-state index < -0.39 is 0 Å². The number of likely N-dealkylation sites (N-methyl/N-ethyl adjacent to an activating group) is 1. The molecule has 0 N–H and O–H groups in total. The van der Waals surface area contributed by atoms with E-state index in [9.17, 15) is 4.79 Å². The minimum Gasteiger partial charge on any atom is -0.325 e. The number of urea groups is 1. The third-order valence-corrected chi connectivity index (χ3v) is 3.17. The normalized spacial score (nSPS) is 23.7. The van der Waals surface area contributed by atoms with Crippen molar-refractivity contribution in [2.75, 3.05) is 40.3 Å². The molecule has 1 heterocycles. The number of rotatable bonds is 1. The molecule has 2 amide bonds. The molecule has 0 atom stereocenters. The van der Waals surface area contributed by atoms with E-state index in [1.54, 1.807) is 0 Å². The molecule has 1 aliphatic carbocycles. The summed E-state index contributed by atoms with van der Waals surface area (Å²) in [5.74, 6) is 0. The fraction of sp³-hybridized carbons (Fsp3) is 0.900. The molecule has 1 saturated carbocycles. The largest absolute Gasteiger partial charge is 0.325 e. The zero-order chi connectivity index (χ0) is 10.1. The van der Waals surface area contributed by atoms with Crippen LogP contribution >= 0.6 is 0 Å². The quantitative estimate of drug-likeness (QED) is 0.610. The Labute approximate surface area is 85.5 Å². The highest BCUT2D eigenvalue weighted by Crippen LogP contribution is 2.26. The molecule has 80 valence electrons. The summed E-state index contributed by atoms with van der Waals surface area (Å²) in [5.41, 5.74) is 0. The van der Waals surface area contributed by atoms with E-state index in [2.05, 4.69) is 11.9 Å². The van der Waals surface area contributed by atoms with Crippen LogP contribution in [0.4, 0.5) is 4.79 Å². The summed E-state index contributed by atoms with van der Waals surface area (Å²) >= 11 is 0. The summed E-state index contributed by atoms with van der Waals surface area (Å²) in [6, 6.07) is 0.753. The molecule has 2 rings (SSSR count). The Balaban J connectivity index is 1.84. The average molecular weight is 197 g/mol. The van der Waals surface area contributed by atoms with Gasteiger partial charge in [0.1, 0.15) is 0 Å². The minimum absolute atomic E-state index is 0.223. The Morgan fingerprint density at radius 2 is 1.79 bits per heavy atom. The highest BCUT2D eigenvalue weighted by Gasteiger charge is 2.32. The molecule has 0 aromatic carbocycles. The van der Waals surface area contributed by atoms with Gasteiger partial charge in [-0.05, 0) is 19.9 Å². The zero-order valence-corrected chi connectivity index (χ0v) is 9.07. The molecule has 0 spiro atoms. The van der Waals surface area contributed by atoms with Crippen molar-refractivity contribution in [1.29, 1.82) is 0 Å². The van der Waals surface area contributed by atoms with Crippen LogP contribution in [0.3, 0.4) is 0 Å². The summed E-state index contributed by atoms with van der Waals surface area (Å²) in [7, 11) is 4.03. The monoisotopic (exact) mass is 197 g/mol. The van der Waals surface area contributed by atoms with Crippen molar-refractivity contribution in [3.63, 3.8) is 0 Å². The molecule has 0 aromatic rings. The fourth-order valence-corrected chi connectivity index (χ4v) is 1.84. The van der Waals surface area contributed by atoms with Crippen LogP contribution in [0.15, 0.2) is 0 Å². The molecule has 2 fully saturated rings. The van der Waals surface area contributed by atoms with Gasteiger partial charge in [-0.3, -0.25) is 0 Å². The maximum Gasteiger partial charge on any atom is 0.320 e. The number of piperazine rings is 1. The van der Waals surface area contributed by atoms with Crippen molar-refractivity contribution in [1.82, 2.24) is 14.7 Å². The van der Waals surface area contributed by atoms with Crippen LogP contribution in [0, 0.1) is 0 Å². The molecule has 1 aliphatic heterocycles. The number of carbonyl (C=O) groups excluding carboxylic acids is 1. The van der Waals surface area contributed by atoms with Crippen LogP contribution in [-0.4, -0.2) is 67.0 Å². The molecule has 1 saturated heterocycles. The minimum atomic E-state index is 0.223. The summed E-state index contributed by atoms with van der Waals surface area (Å²) < 4.78 is 0. The van der Waals surface area contributed by atoms with E-state index in [4.69, 9.17) is 0 Å². The predicted octanol–water partition coefficient (Wildman–Crippen LogP) is 0.448. The summed E-state index contributed by atoms with van der Waals surface area (Å²) in [5, 5.41) is 0. The Morgan fingerprint density at radius 3 is 2.29 bits per heavy atom. The van der Waals surface area contributed by atoms with Gasteiger partial charge < -0.3 is 14.7 Å². The van der Waals surface area contributed by atoms with Crippen LogP contribution in [-0.2, 0) is 0 Å². The SMILES string of the molecule is CN1CCN(C(=O)N(C)C2CC2)CC1. The Kier molecular flexibility index (Phi) is 2.63. The lowest BCUT2D eigenvalue weighted by Crippen LogP contribution is -2.51. The summed E-state index contributed by atoms with van der Waals surface area (Å²) in [6.07, 6.45) is 2.38. The number of nitrogens with zero attached hydrogens (tertiary/aromatic N) is 3. The lowest BCUT2D eigenvalue weighted by atomic mass is 10.3. The predicted molar refractivity (Wildman–Crippen MR) is 55.3 cm³/mol. The van der Waals surface area contributed by atoms with Crippen LogP contribution in [0.1, 0.15) is 12.8 Å². The van der Waals surface area contributed by atoms with Crippen molar-refractivity contribution < 1.29 is 4.79 Å². The standard InChI is InChI=1S/C10H19N3O/c1-11-5-7-13(8-6-11)10(14)12(2)9-3-4-9/h9H,3-8H2,1-2H3. The number of hydrogen-bond donors (Lipinski definition) is 0. The van der Waals surface area contributed by atoms with Crippen molar-refractivity contribution >= 4 is 6.03 Å². The zero-order valence-electron chi connectivity index (χ0n) is 9.07. The van der Waals surface area contributed by atoms with Crippen molar-refractivity contribution in [2.45, 2.75) is 18.9 Å². The topological polar surface area (TPSA) is 26.8 Å². The first-order chi connectivity index (χ1) is 6.68.